The molecule has 0 bridgehead atoms. The van der Waals surface area contributed by atoms with E-state index in [1.54, 1.807) is 0 Å². The van der Waals surface area contributed by atoms with E-state index >= 15 is 0 Å². The monoisotopic (exact) mass is 278 g/mol. The van der Waals surface area contributed by atoms with Gasteiger partial charge >= 0.3 is 0 Å². The van der Waals surface area contributed by atoms with E-state index in [9.17, 15) is 8.42 Å². The first-order valence-electron chi connectivity index (χ1n) is 5.31. The zero-order valence-electron chi connectivity index (χ0n) is 10.2. The van der Waals surface area contributed by atoms with Crippen LogP contribution < -0.4 is 11.3 Å². The molecule has 1 aromatic heterocycles. The molecule has 98 valence electrons. The van der Waals surface area contributed by atoms with Crippen LogP contribution in [0, 0.1) is 0 Å². The van der Waals surface area contributed by atoms with Crippen LogP contribution in [0.15, 0.2) is 0 Å². The Morgan fingerprint density at radius 1 is 1.47 bits per heavy atom. The minimum atomic E-state index is -2.99. The standard InChI is InChI=1S/C9H18N4O2S2/c1-6(2)8-9(16-13-12-8)7(11-10)4-5-17(3,14)15/h6-7,11H,4-5,10H2,1-3H3. The summed E-state index contributed by atoms with van der Waals surface area (Å²) in [6.07, 6.45) is 1.65. The van der Waals surface area contributed by atoms with Crippen LogP contribution in [-0.2, 0) is 9.84 Å². The first-order valence-corrected chi connectivity index (χ1v) is 8.14. The van der Waals surface area contributed by atoms with Crippen LogP contribution in [0.2, 0.25) is 0 Å². The van der Waals surface area contributed by atoms with Crippen LogP contribution in [0.4, 0.5) is 0 Å². The first kappa shape index (κ1) is 14.5. The number of aromatic nitrogens is 2. The third-order valence-corrected chi connectivity index (χ3v) is 4.21. The average Bonchev–Trinajstić information content (AvgIpc) is 2.66. The lowest BCUT2D eigenvalue weighted by atomic mass is 10.1. The number of nitrogens with one attached hydrogen (secondary N) is 1. The van der Waals surface area contributed by atoms with Crippen molar-refractivity contribution in [2.24, 2.45) is 5.84 Å². The number of sulfone groups is 1. The van der Waals surface area contributed by atoms with Crippen molar-refractivity contribution in [3.8, 4) is 0 Å². The van der Waals surface area contributed by atoms with Crippen LogP contribution in [0.5, 0.6) is 0 Å². The summed E-state index contributed by atoms with van der Waals surface area (Å²) in [4.78, 5) is 0.922. The summed E-state index contributed by atoms with van der Waals surface area (Å²) in [5.41, 5.74) is 3.52. The Labute approximate surface area is 106 Å². The molecule has 8 heteroatoms. The topological polar surface area (TPSA) is 98.0 Å². The van der Waals surface area contributed by atoms with Gasteiger partial charge in [0.15, 0.2) is 0 Å². The van der Waals surface area contributed by atoms with Gasteiger partial charge in [0, 0.05) is 6.26 Å². The molecule has 0 saturated heterocycles. The lowest BCUT2D eigenvalue weighted by molar-refractivity contribution is 0.531. The van der Waals surface area contributed by atoms with E-state index in [1.807, 2.05) is 13.8 Å². The van der Waals surface area contributed by atoms with E-state index < -0.39 is 9.84 Å². The number of hydrazine groups is 1. The highest BCUT2D eigenvalue weighted by Gasteiger charge is 2.21. The zero-order chi connectivity index (χ0) is 13.1. The molecule has 0 aliphatic heterocycles. The van der Waals surface area contributed by atoms with Gasteiger partial charge < -0.3 is 0 Å². The number of nitrogens with two attached hydrogens (primary N) is 1. The van der Waals surface area contributed by atoms with E-state index in [0.717, 1.165) is 10.6 Å². The molecule has 1 aromatic rings. The predicted octanol–water partition coefficient (Wildman–Crippen LogP) is 0.601. The Balaban J connectivity index is 2.83. The molecule has 0 aliphatic carbocycles. The van der Waals surface area contributed by atoms with Crippen LogP contribution in [0.3, 0.4) is 0 Å². The van der Waals surface area contributed by atoms with Gasteiger partial charge in [-0.2, -0.15) is 0 Å². The van der Waals surface area contributed by atoms with Gasteiger partial charge in [0.1, 0.15) is 9.84 Å². The van der Waals surface area contributed by atoms with Gasteiger partial charge in [0.05, 0.1) is 22.4 Å². The lowest BCUT2D eigenvalue weighted by Crippen LogP contribution is -2.29. The second-order valence-electron chi connectivity index (χ2n) is 4.31. The fraction of sp³-hybridized carbons (Fsp3) is 0.778. The van der Waals surface area contributed by atoms with Crippen molar-refractivity contribution >= 4 is 21.4 Å². The molecule has 0 fully saturated rings. The molecule has 1 unspecified atom stereocenters. The minimum Gasteiger partial charge on any atom is -0.271 e. The van der Waals surface area contributed by atoms with Crippen molar-refractivity contribution in [1.82, 2.24) is 15.0 Å². The van der Waals surface area contributed by atoms with Gasteiger partial charge in [-0.3, -0.25) is 11.3 Å². The minimum absolute atomic E-state index is 0.0945. The molecular weight excluding hydrogens is 260 g/mol. The number of nitrogens with zero attached hydrogens (tertiary/aromatic N) is 2. The van der Waals surface area contributed by atoms with E-state index in [-0.39, 0.29) is 17.7 Å². The van der Waals surface area contributed by atoms with Gasteiger partial charge in [-0.05, 0) is 23.9 Å². The van der Waals surface area contributed by atoms with Crippen molar-refractivity contribution in [2.45, 2.75) is 32.2 Å². The van der Waals surface area contributed by atoms with Gasteiger partial charge in [0.2, 0.25) is 0 Å². The molecular formula is C9H18N4O2S2. The quantitative estimate of drug-likeness (QED) is 0.584. The van der Waals surface area contributed by atoms with Crippen molar-refractivity contribution < 1.29 is 8.42 Å². The number of rotatable bonds is 6. The molecule has 0 amide bonds. The van der Waals surface area contributed by atoms with Crippen molar-refractivity contribution in [2.75, 3.05) is 12.0 Å². The molecule has 0 saturated carbocycles. The van der Waals surface area contributed by atoms with E-state index in [4.69, 9.17) is 5.84 Å². The molecule has 0 aromatic carbocycles. The van der Waals surface area contributed by atoms with E-state index in [1.165, 1.54) is 17.8 Å². The molecule has 17 heavy (non-hydrogen) atoms. The van der Waals surface area contributed by atoms with Gasteiger partial charge in [-0.25, -0.2) is 8.42 Å². The second-order valence-corrected chi connectivity index (χ2v) is 7.36. The Hall–Kier alpha value is -0.570. The molecule has 1 atom stereocenters. The van der Waals surface area contributed by atoms with Crippen LogP contribution >= 0.6 is 11.5 Å². The smallest absolute Gasteiger partial charge is 0.147 e. The van der Waals surface area contributed by atoms with Gasteiger partial charge in [-0.1, -0.05) is 18.3 Å². The maximum absolute atomic E-state index is 11.1. The molecule has 3 N–H and O–H groups in total. The van der Waals surface area contributed by atoms with Crippen LogP contribution in [0.25, 0.3) is 0 Å². The third-order valence-electron chi connectivity index (χ3n) is 2.38. The largest absolute Gasteiger partial charge is 0.271 e. The normalized spacial score (nSPS) is 14.2. The fourth-order valence-corrected chi connectivity index (χ4v) is 3.03. The Morgan fingerprint density at radius 2 is 2.12 bits per heavy atom. The molecule has 0 spiro atoms. The van der Waals surface area contributed by atoms with Crippen molar-refractivity contribution in [3.05, 3.63) is 10.6 Å². The summed E-state index contributed by atoms with van der Waals surface area (Å²) in [6, 6.07) is -0.206. The summed E-state index contributed by atoms with van der Waals surface area (Å²) in [5.74, 6) is 5.81. The zero-order valence-corrected chi connectivity index (χ0v) is 11.8. The SMILES string of the molecule is CC(C)c1nnsc1C(CCS(C)(=O)=O)NN. The first-order chi connectivity index (χ1) is 7.85. The van der Waals surface area contributed by atoms with Crippen molar-refractivity contribution in [1.29, 1.82) is 0 Å². The highest BCUT2D eigenvalue weighted by molar-refractivity contribution is 7.90. The summed E-state index contributed by atoms with van der Waals surface area (Å²) in [5, 5.41) is 4.05. The highest BCUT2D eigenvalue weighted by atomic mass is 32.2. The number of hydrogen-bond donors (Lipinski definition) is 2. The number of hydrogen-bond acceptors (Lipinski definition) is 7. The fourth-order valence-electron chi connectivity index (χ4n) is 1.47. The molecule has 6 nitrogen and oxygen atoms in total. The average molecular weight is 278 g/mol. The maximum atomic E-state index is 11.1. The predicted molar refractivity (Wildman–Crippen MR) is 68.4 cm³/mol. The van der Waals surface area contributed by atoms with Crippen molar-refractivity contribution in [3.63, 3.8) is 0 Å². The van der Waals surface area contributed by atoms with Crippen LogP contribution in [0.1, 0.15) is 42.8 Å². The van der Waals surface area contributed by atoms with Gasteiger partial charge in [-0.15, -0.1) is 5.10 Å². The van der Waals surface area contributed by atoms with E-state index in [0.29, 0.717) is 6.42 Å². The third kappa shape index (κ3) is 4.30. The van der Waals surface area contributed by atoms with Gasteiger partial charge in [0.25, 0.3) is 0 Å². The molecule has 1 heterocycles. The molecule has 0 radical (unpaired) electrons. The Kier molecular flexibility index (Phi) is 4.99. The lowest BCUT2D eigenvalue weighted by Gasteiger charge is -2.15. The summed E-state index contributed by atoms with van der Waals surface area (Å²) in [6.45, 7) is 4.04. The van der Waals surface area contributed by atoms with E-state index in [2.05, 4.69) is 15.0 Å². The summed E-state index contributed by atoms with van der Waals surface area (Å²) in [7, 11) is -2.99. The Bertz CT molecular complexity index is 455. The highest BCUT2D eigenvalue weighted by Crippen LogP contribution is 2.27. The summed E-state index contributed by atoms with van der Waals surface area (Å²) < 4.78 is 26.2. The molecule has 1 rings (SSSR count). The Morgan fingerprint density at radius 3 is 2.59 bits per heavy atom. The second kappa shape index (κ2) is 5.85. The summed E-state index contributed by atoms with van der Waals surface area (Å²) >= 11 is 1.26. The van der Waals surface area contributed by atoms with Crippen LogP contribution in [-0.4, -0.2) is 30.0 Å². The maximum Gasteiger partial charge on any atom is 0.147 e. The molecule has 0 aliphatic rings.